The lowest BCUT2D eigenvalue weighted by Crippen LogP contribution is -2.30. The number of carbonyl (C=O) groups excluding carboxylic acids is 1. The third-order valence-electron chi connectivity index (χ3n) is 4.55. The number of aryl methyl sites for hydroxylation is 1. The van der Waals surface area contributed by atoms with Crippen LogP contribution in [0.2, 0.25) is 0 Å². The Morgan fingerprint density at radius 2 is 1.75 bits per heavy atom. The first-order valence-electron chi connectivity index (χ1n) is 9.07. The van der Waals surface area contributed by atoms with Gasteiger partial charge in [-0.2, -0.15) is 0 Å². The molecule has 0 aliphatic heterocycles. The summed E-state index contributed by atoms with van der Waals surface area (Å²) in [7, 11) is 3.17. The predicted octanol–water partition coefficient (Wildman–Crippen LogP) is 3.86. The lowest BCUT2D eigenvalue weighted by Gasteiger charge is -2.20. The minimum Gasteiger partial charge on any atom is -0.493 e. The van der Waals surface area contributed by atoms with Gasteiger partial charge in [0.05, 0.1) is 26.7 Å². The van der Waals surface area contributed by atoms with Gasteiger partial charge < -0.3 is 14.8 Å². The van der Waals surface area contributed by atoms with Gasteiger partial charge in [-0.25, -0.2) is 0 Å². The summed E-state index contributed by atoms with van der Waals surface area (Å²) in [5, 5.41) is 3.13. The van der Waals surface area contributed by atoms with Crippen molar-refractivity contribution in [3.63, 3.8) is 0 Å². The Bertz CT molecular complexity index is 924. The first-order chi connectivity index (χ1) is 13.6. The molecule has 0 saturated heterocycles. The molecule has 0 spiro atoms. The van der Waals surface area contributed by atoms with Crippen LogP contribution >= 0.6 is 0 Å². The van der Waals surface area contributed by atoms with Crippen molar-refractivity contribution >= 4 is 5.91 Å². The lowest BCUT2D eigenvalue weighted by atomic mass is 9.98. The number of hydrogen-bond donors (Lipinski definition) is 1. The van der Waals surface area contributed by atoms with Gasteiger partial charge in [-0.3, -0.25) is 9.78 Å². The number of methoxy groups -OCH3 is 2. The second-order valence-corrected chi connectivity index (χ2v) is 6.56. The van der Waals surface area contributed by atoms with Crippen LogP contribution in [0.15, 0.2) is 67.0 Å². The molecule has 3 aromatic rings. The Kier molecular flexibility index (Phi) is 6.27. The van der Waals surface area contributed by atoms with Gasteiger partial charge in [-0.1, -0.05) is 42.0 Å². The number of pyridine rings is 1. The average molecular weight is 376 g/mol. The second-order valence-electron chi connectivity index (χ2n) is 6.56. The molecule has 0 bridgehead atoms. The maximum Gasteiger partial charge on any atom is 0.225 e. The molecule has 0 aliphatic rings. The highest BCUT2D eigenvalue weighted by molar-refractivity contribution is 5.79. The highest BCUT2D eigenvalue weighted by Crippen LogP contribution is 2.28. The van der Waals surface area contributed by atoms with Gasteiger partial charge in [0.15, 0.2) is 11.5 Å². The average Bonchev–Trinajstić information content (AvgIpc) is 2.73. The highest BCUT2D eigenvalue weighted by Gasteiger charge is 2.18. The van der Waals surface area contributed by atoms with Crippen molar-refractivity contribution in [3.8, 4) is 11.5 Å². The first kappa shape index (κ1) is 19.4. The fraction of sp³-hybridized carbons (Fsp3) is 0.217. The van der Waals surface area contributed by atoms with E-state index < -0.39 is 0 Å². The van der Waals surface area contributed by atoms with E-state index in [9.17, 15) is 4.79 Å². The topological polar surface area (TPSA) is 60.5 Å². The lowest BCUT2D eigenvalue weighted by molar-refractivity contribution is -0.120. The standard InChI is InChI=1S/C23H24N2O3/c1-16-6-9-18(10-7-16)23(19-5-4-12-24-15-19)25-22(26)14-17-8-11-20(27-2)21(13-17)28-3/h4-13,15,23H,14H2,1-3H3,(H,25,26). The Morgan fingerprint density at radius 3 is 2.39 bits per heavy atom. The summed E-state index contributed by atoms with van der Waals surface area (Å²) in [4.78, 5) is 17.0. The van der Waals surface area contributed by atoms with E-state index in [1.807, 2.05) is 55.5 Å². The number of benzene rings is 2. The minimum atomic E-state index is -0.262. The van der Waals surface area contributed by atoms with E-state index in [4.69, 9.17) is 9.47 Å². The van der Waals surface area contributed by atoms with Crippen molar-refractivity contribution in [2.45, 2.75) is 19.4 Å². The molecule has 1 heterocycles. The van der Waals surface area contributed by atoms with Gasteiger partial charge in [-0.05, 0) is 41.8 Å². The molecule has 1 N–H and O–H groups in total. The molecule has 5 nitrogen and oxygen atoms in total. The van der Waals surface area contributed by atoms with E-state index in [0.717, 1.165) is 16.7 Å². The molecule has 144 valence electrons. The van der Waals surface area contributed by atoms with Crippen molar-refractivity contribution in [1.29, 1.82) is 0 Å². The molecule has 1 aromatic heterocycles. The Morgan fingerprint density at radius 1 is 1.00 bits per heavy atom. The SMILES string of the molecule is COc1ccc(CC(=O)NC(c2ccc(C)cc2)c2cccnc2)cc1OC. The second kappa shape index (κ2) is 9.04. The number of carbonyl (C=O) groups is 1. The van der Waals surface area contributed by atoms with Gasteiger partial charge in [0, 0.05) is 12.4 Å². The molecule has 0 saturated carbocycles. The van der Waals surface area contributed by atoms with Crippen molar-refractivity contribution in [3.05, 3.63) is 89.2 Å². The van der Waals surface area contributed by atoms with Crippen LogP contribution in [-0.2, 0) is 11.2 Å². The predicted molar refractivity (Wildman–Crippen MR) is 109 cm³/mol. The maximum absolute atomic E-state index is 12.8. The number of nitrogens with one attached hydrogen (secondary N) is 1. The quantitative estimate of drug-likeness (QED) is 0.680. The van der Waals surface area contributed by atoms with Gasteiger partial charge in [-0.15, -0.1) is 0 Å². The smallest absolute Gasteiger partial charge is 0.225 e. The van der Waals surface area contributed by atoms with E-state index in [-0.39, 0.29) is 18.4 Å². The van der Waals surface area contributed by atoms with Crippen molar-refractivity contribution < 1.29 is 14.3 Å². The molecule has 0 aliphatic carbocycles. The van der Waals surface area contributed by atoms with Crippen LogP contribution < -0.4 is 14.8 Å². The molecule has 1 unspecified atom stereocenters. The molecule has 3 rings (SSSR count). The fourth-order valence-corrected chi connectivity index (χ4v) is 3.05. The maximum atomic E-state index is 12.8. The fourth-order valence-electron chi connectivity index (χ4n) is 3.05. The first-order valence-corrected chi connectivity index (χ1v) is 9.07. The van der Waals surface area contributed by atoms with Gasteiger partial charge in [0.25, 0.3) is 0 Å². The number of hydrogen-bond acceptors (Lipinski definition) is 4. The normalized spacial score (nSPS) is 11.5. The summed E-state index contributed by atoms with van der Waals surface area (Å²) in [6.07, 6.45) is 3.74. The van der Waals surface area contributed by atoms with Crippen molar-refractivity contribution in [2.24, 2.45) is 0 Å². The van der Waals surface area contributed by atoms with Gasteiger partial charge in [0.1, 0.15) is 0 Å². The zero-order valence-corrected chi connectivity index (χ0v) is 16.3. The minimum absolute atomic E-state index is 0.0818. The Hall–Kier alpha value is -3.34. The third-order valence-corrected chi connectivity index (χ3v) is 4.55. The van der Waals surface area contributed by atoms with E-state index >= 15 is 0 Å². The van der Waals surface area contributed by atoms with Crippen LogP contribution in [0, 0.1) is 6.92 Å². The molecule has 28 heavy (non-hydrogen) atoms. The molecule has 5 heteroatoms. The number of amides is 1. The van der Waals surface area contributed by atoms with Crippen LogP contribution in [0.1, 0.15) is 28.3 Å². The van der Waals surface area contributed by atoms with Crippen molar-refractivity contribution in [2.75, 3.05) is 14.2 Å². The summed E-state index contributed by atoms with van der Waals surface area (Å²) >= 11 is 0. The van der Waals surface area contributed by atoms with Crippen LogP contribution in [0.5, 0.6) is 11.5 Å². The summed E-state index contributed by atoms with van der Waals surface area (Å²) < 4.78 is 10.6. The van der Waals surface area contributed by atoms with Gasteiger partial charge >= 0.3 is 0 Å². The van der Waals surface area contributed by atoms with Crippen LogP contribution in [0.3, 0.4) is 0 Å². The summed E-state index contributed by atoms with van der Waals surface area (Å²) in [5.41, 5.74) is 3.97. The zero-order chi connectivity index (χ0) is 19.9. The summed E-state index contributed by atoms with van der Waals surface area (Å²) in [6.45, 7) is 2.04. The zero-order valence-electron chi connectivity index (χ0n) is 16.3. The summed E-state index contributed by atoms with van der Waals surface area (Å²) in [6, 6.07) is 17.2. The molecule has 0 fully saturated rings. The molecule has 1 amide bonds. The van der Waals surface area contributed by atoms with Gasteiger partial charge in [0.2, 0.25) is 5.91 Å². The number of nitrogens with zero attached hydrogens (tertiary/aromatic N) is 1. The monoisotopic (exact) mass is 376 g/mol. The number of aromatic nitrogens is 1. The van der Waals surface area contributed by atoms with Crippen LogP contribution in [0.4, 0.5) is 0 Å². The summed E-state index contributed by atoms with van der Waals surface area (Å²) in [5.74, 6) is 1.16. The molecular formula is C23H24N2O3. The van der Waals surface area contributed by atoms with E-state index in [0.29, 0.717) is 11.5 Å². The highest BCUT2D eigenvalue weighted by atomic mass is 16.5. The molecule has 1 atom stereocenters. The van der Waals surface area contributed by atoms with Crippen LogP contribution in [-0.4, -0.2) is 25.1 Å². The van der Waals surface area contributed by atoms with E-state index in [1.165, 1.54) is 5.56 Å². The Labute approximate surface area is 165 Å². The Balaban J connectivity index is 1.81. The third kappa shape index (κ3) is 4.68. The van der Waals surface area contributed by atoms with Crippen molar-refractivity contribution in [1.82, 2.24) is 10.3 Å². The molecule has 0 radical (unpaired) electrons. The number of ether oxygens (including phenoxy) is 2. The molecule has 2 aromatic carbocycles. The largest absolute Gasteiger partial charge is 0.493 e. The molecular weight excluding hydrogens is 352 g/mol. The van der Waals surface area contributed by atoms with Crippen LogP contribution in [0.25, 0.3) is 0 Å². The van der Waals surface area contributed by atoms with E-state index in [1.54, 1.807) is 32.7 Å². The number of rotatable bonds is 7. The van der Waals surface area contributed by atoms with E-state index in [2.05, 4.69) is 10.3 Å².